The van der Waals surface area contributed by atoms with Crippen LogP contribution in [0, 0.1) is 6.92 Å². The SMILES string of the molecule is Cc1ccc(CC(N)c2ccccc2)nc1. The zero-order chi connectivity index (χ0) is 11.4. The highest BCUT2D eigenvalue weighted by atomic mass is 14.7. The molecule has 16 heavy (non-hydrogen) atoms. The fourth-order valence-corrected chi connectivity index (χ4v) is 1.66. The lowest BCUT2D eigenvalue weighted by Gasteiger charge is -2.11. The van der Waals surface area contributed by atoms with E-state index in [0.29, 0.717) is 0 Å². The second kappa shape index (κ2) is 4.90. The molecule has 2 nitrogen and oxygen atoms in total. The highest BCUT2D eigenvalue weighted by Gasteiger charge is 2.06. The van der Waals surface area contributed by atoms with Gasteiger partial charge in [0.05, 0.1) is 0 Å². The Morgan fingerprint density at radius 3 is 2.50 bits per heavy atom. The van der Waals surface area contributed by atoms with Gasteiger partial charge in [0, 0.05) is 24.4 Å². The van der Waals surface area contributed by atoms with Gasteiger partial charge in [-0.3, -0.25) is 4.98 Å². The van der Waals surface area contributed by atoms with E-state index < -0.39 is 0 Å². The summed E-state index contributed by atoms with van der Waals surface area (Å²) in [6.45, 7) is 2.04. The molecule has 2 N–H and O–H groups in total. The molecule has 0 aliphatic heterocycles. The number of hydrogen-bond donors (Lipinski definition) is 1. The maximum atomic E-state index is 6.13. The predicted molar refractivity (Wildman–Crippen MR) is 66.0 cm³/mol. The second-order valence-electron chi connectivity index (χ2n) is 4.05. The van der Waals surface area contributed by atoms with Crippen LogP contribution in [0.1, 0.15) is 22.9 Å². The van der Waals surface area contributed by atoms with Crippen LogP contribution in [-0.2, 0) is 6.42 Å². The summed E-state index contributed by atoms with van der Waals surface area (Å²) >= 11 is 0. The molecule has 0 saturated heterocycles. The largest absolute Gasteiger partial charge is 0.324 e. The highest BCUT2D eigenvalue weighted by molar-refractivity contribution is 5.21. The Hall–Kier alpha value is -1.67. The molecule has 0 aliphatic rings. The van der Waals surface area contributed by atoms with Gasteiger partial charge in [-0.05, 0) is 24.1 Å². The van der Waals surface area contributed by atoms with Crippen LogP contribution in [0.2, 0.25) is 0 Å². The van der Waals surface area contributed by atoms with Crippen molar-refractivity contribution in [3.8, 4) is 0 Å². The summed E-state index contributed by atoms with van der Waals surface area (Å²) in [7, 11) is 0. The third kappa shape index (κ3) is 2.67. The van der Waals surface area contributed by atoms with Crippen LogP contribution in [0.3, 0.4) is 0 Å². The molecule has 0 spiro atoms. The van der Waals surface area contributed by atoms with Crippen molar-refractivity contribution < 1.29 is 0 Å². The normalized spacial score (nSPS) is 12.4. The summed E-state index contributed by atoms with van der Waals surface area (Å²) in [6, 6.07) is 14.3. The molecule has 0 fully saturated rings. The number of nitrogens with zero attached hydrogens (tertiary/aromatic N) is 1. The number of pyridine rings is 1. The minimum absolute atomic E-state index is 0.0245. The third-order valence-electron chi connectivity index (χ3n) is 2.63. The molecule has 1 atom stereocenters. The summed E-state index contributed by atoms with van der Waals surface area (Å²) in [5.41, 5.74) is 9.50. The van der Waals surface area contributed by atoms with Gasteiger partial charge in [0.25, 0.3) is 0 Å². The van der Waals surface area contributed by atoms with Crippen LogP contribution in [0.5, 0.6) is 0 Å². The monoisotopic (exact) mass is 212 g/mol. The lowest BCUT2D eigenvalue weighted by molar-refractivity contribution is 0.706. The van der Waals surface area contributed by atoms with E-state index in [0.717, 1.165) is 17.7 Å². The van der Waals surface area contributed by atoms with Crippen molar-refractivity contribution in [3.63, 3.8) is 0 Å². The molecule has 0 aliphatic carbocycles. The van der Waals surface area contributed by atoms with Gasteiger partial charge in [0.2, 0.25) is 0 Å². The molecular weight excluding hydrogens is 196 g/mol. The average molecular weight is 212 g/mol. The van der Waals surface area contributed by atoms with Gasteiger partial charge in [0.15, 0.2) is 0 Å². The van der Waals surface area contributed by atoms with Crippen LogP contribution in [0.25, 0.3) is 0 Å². The number of nitrogens with two attached hydrogens (primary N) is 1. The fourth-order valence-electron chi connectivity index (χ4n) is 1.66. The molecule has 82 valence electrons. The van der Waals surface area contributed by atoms with E-state index in [4.69, 9.17) is 5.73 Å². The van der Waals surface area contributed by atoms with Crippen LogP contribution in [-0.4, -0.2) is 4.98 Å². The Kier molecular flexibility index (Phi) is 3.32. The smallest absolute Gasteiger partial charge is 0.0422 e. The van der Waals surface area contributed by atoms with Gasteiger partial charge in [0.1, 0.15) is 0 Å². The van der Waals surface area contributed by atoms with Crippen LogP contribution < -0.4 is 5.73 Å². The minimum atomic E-state index is 0.0245. The Morgan fingerprint density at radius 1 is 1.12 bits per heavy atom. The molecule has 2 rings (SSSR count). The standard InChI is InChI=1S/C14H16N2/c1-11-7-8-13(16-10-11)9-14(15)12-5-3-2-4-6-12/h2-8,10,14H,9,15H2,1H3. The molecule has 0 radical (unpaired) electrons. The first-order chi connectivity index (χ1) is 7.75. The molecule has 1 heterocycles. The minimum Gasteiger partial charge on any atom is -0.324 e. The van der Waals surface area contributed by atoms with E-state index in [1.807, 2.05) is 37.4 Å². The Labute approximate surface area is 96.1 Å². The third-order valence-corrected chi connectivity index (χ3v) is 2.63. The first-order valence-electron chi connectivity index (χ1n) is 5.48. The van der Waals surface area contributed by atoms with Crippen molar-refractivity contribution in [1.82, 2.24) is 4.98 Å². The van der Waals surface area contributed by atoms with Crippen LogP contribution in [0.4, 0.5) is 0 Å². The van der Waals surface area contributed by atoms with E-state index in [1.165, 1.54) is 5.56 Å². The van der Waals surface area contributed by atoms with Crippen LogP contribution >= 0.6 is 0 Å². The Balaban J connectivity index is 2.08. The van der Waals surface area contributed by atoms with E-state index in [-0.39, 0.29) is 6.04 Å². The zero-order valence-corrected chi connectivity index (χ0v) is 9.43. The summed E-state index contributed by atoms with van der Waals surface area (Å²) in [4.78, 5) is 4.36. The second-order valence-corrected chi connectivity index (χ2v) is 4.05. The van der Waals surface area contributed by atoms with Crippen LogP contribution in [0.15, 0.2) is 48.7 Å². The maximum absolute atomic E-state index is 6.13. The summed E-state index contributed by atoms with van der Waals surface area (Å²) in [6.07, 6.45) is 2.66. The summed E-state index contributed by atoms with van der Waals surface area (Å²) in [5, 5.41) is 0. The van der Waals surface area contributed by atoms with Crippen molar-refractivity contribution in [3.05, 3.63) is 65.5 Å². The topological polar surface area (TPSA) is 38.9 Å². The maximum Gasteiger partial charge on any atom is 0.0422 e. The van der Waals surface area contributed by atoms with E-state index in [1.54, 1.807) is 0 Å². The van der Waals surface area contributed by atoms with E-state index in [2.05, 4.69) is 23.2 Å². The molecule has 1 aromatic heterocycles. The number of benzene rings is 1. The van der Waals surface area contributed by atoms with Gasteiger partial charge >= 0.3 is 0 Å². The van der Waals surface area contributed by atoms with Gasteiger partial charge in [-0.25, -0.2) is 0 Å². The lowest BCUT2D eigenvalue weighted by Crippen LogP contribution is -2.13. The molecule has 2 heteroatoms. The zero-order valence-electron chi connectivity index (χ0n) is 9.43. The van der Waals surface area contributed by atoms with Gasteiger partial charge in [-0.1, -0.05) is 36.4 Å². The van der Waals surface area contributed by atoms with Gasteiger partial charge in [-0.2, -0.15) is 0 Å². The van der Waals surface area contributed by atoms with Crippen molar-refractivity contribution in [1.29, 1.82) is 0 Å². The molecule has 0 bridgehead atoms. The lowest BCUT2D eigenvalue weighted by atomic mass is 10.0. The molecule has 1 unspecified atom stereocenters. The average Bonchev–Trinajstić information content (AvgIpc) is 2.33. The molecule has 0 amide bonds. The van der Waals surface area contributed by atoms with E-state index in [9.17, 15) is 0 Å². The van der Waals surface area contributed by atoms with Crippen molar-refractivity contribution in [2.75, 3.05) is 0 Å². The summed E-state index contributed by atoms with van der Waals surface area (Å²) < 4.78 is 0. The Morgan fingerprint density at radius 2 is 1.88 bits per heavy atom. The molecule has 2 aromatic rings. The predicted octanol–water partition coefficient (Wildman–Crippen LogP) is 2.63. The van der Waals surface area contributed by atoms with Crippen molar-refractivity contribution in [2.24, 2.45) is 5.73 Å². The molecule has 0 saturated carbocycles. The molecule has 1 aromatic carbocycles. The van der Waals surface area contributed by atoms with Gasteiger partial charge in [-0.15, -0.1) is 0 Å². The Bertz CT molecular complexity index is 434. The van der Waals surface area contributed by atoms with E-state index >= 15 is 0 Å². The first-order valence-corrected chi connectivity index (χ1v) is 5.48. The number of hydrogen-bond acceptors (Lipinski definition) is 2. The van der Waals surface area contributed by atoms with Crippen molar-refractivity contribution in [2.45, 2.75) is 19.4 Å². The number of rotatable bonds is 3. The number of aryl methyl sites for hydroxylation is 1. The fraction of sp³-hybridized carbons (Fsp3) is 0.214. The number of aromatic nitrogens is 1. The quantitative estimate of drug-likeness (QED) is 0.849. The van der Waals surface area contributed by atoms with Crippen molar-refractivity contribution >= 4 is 0 Å². The molecular formula is C14H16N2. The van der Waals surface area contributed by atoms with Gasteiger partial charge < -0.3 is 5.73 Å². The highest BCUT2D eigenvalue weighted by Crippen LogP contribution is 2.14. The summed E-state index contributed by atoms with van der Waals surface area (Å²) in [5.74, 6) is 0. The first kappa shape index (κ1) is 10.8.